The van der Waals surface area contributed by atoms with Crippen LogP contribution in [-0.2, 0) is 4.79 Å². The fourth-order valence-corrected chi connectivity index (χ4v) is 3.47. The molecule has 1 aromatic rings. The van der Waals surface area contributed by atoms with Crippen molar-refractivity contribution >= 4 is 5.91 Å². The average Bonchev–Trinajstić information content (AvgIpc) is 2.94. The van der Waals surface area contributed by atoms with Crippen LogP contribution < -0.4 is 0 Å². The van der Waals surface area contributed by atoms with Gasteiger partial charge in [-0.3, -0.25) is 4.79 Å². The van der Waals surface area contributed by atoms with Crippen molar-refractivity contribution in [3.05, 3.63) is 12.4 Å². The van der Waals surface area contributed by atoms with Crippen molar-refractivity contribution in [2.45, 2.75) is 64.6 Å². The molecule has 0 spiro atoms. The molecule has 1 aromatic heterocycles. The molecule has 19 heavy (non-hydrogen) atoms. The Kier molecular flexibility index (Phi) is 2.87. The Morgan fingerprint density at radius 2 is 1.58 bits per heavy atom. The Morgan fingerprint density at radius 3 is 2.05 bits per heavy atom. The molecule has 3 rings (SSSR count). The summed E-state index contributed by atoms with van der Waals surface area (Å²) in [7, 11) is 0. The molecular formula is C14H22N4O. The third-order valence-corrected chi connectivity index (χ3v) is 4.35. The molecule has 0 saturated carbocycles. The summed E-state index contributed by atoms with van der Waals surface area (Å²) in [5, 5.41) is 8.51. The van der Waals surface area contributed by atoms with E-state index in [1.807, 2.05) is 25.6 Å². The van der Waals surface area contributed by atoms with E-state index in [4.69, 9.17) is 0 Å². The minimum absolute atomic E-state index is 0.280. The van der Waals surface area contributed by atoms with Crippen molar-refractivity contribution in [1.29, 1.82) is 0 Å². The minimum Gasteiger partial charge on any atom is -0.336 e. The molecule has 2 unspecified atom stereocenters. The van der Waals surface area contributed by atoms with E-state index in [1.165, 1.54) is 0 Å². The Hall–Kier alpha value is -1.39. The van der Waals surface area contributed by atoms with E-state index >= 15 is 0 Å². The van der Waals surface area contributed by atoms with Crippen LogP contribution in [0.1, 0.15) is 52.5 Å². The molecule has 2 fully saturated rings. The highest BCUT2D eigenvalue weighted by Gasteiger charge is 2.46. The smallest absolute Gasteiger partial charge is 0.228 e. The van der Waals surface area contributed by atoms with Crippen LogP contribution in [0.5, 0.6) is 0 Å². The van der Waals surface area contributed by atoms with Crippen molar-refractivity contribution in [3.63, 3.8) is 0 Å². The van der Waals surface area contributed by atoms with Crippen molar-refractivity contribution in [2.24, 2.45) is 5.41 Å². The molecule has 2 atom stereocenters. The minimum atomic E-state index is -0.280. The summed E-state index contributed by atoms with van der Waals surface area (Å²) in [5.74, 6) is 0.298. The first-order valence-electron chi connectivity index (χ1n) is 7.15. The summed E-state index contributed by atoms with van der Waals surface area (Å²) < 4.78 is 0. The van der Waals surface area contributed by atoms with Gasteiger partial charge in [-0.15, -0.1) is 0 Å². The van der Waals surface area contributed by atoms with Gasteiger partial charge < -0.3 is 4.90 Å². The maximum Gasteiger partial charge on any atom is 0.228 e. The van der Waals surface area contributed by atoms with E-state index in [0.717, 1.165) is 25.7 Å². The van der Waals surface area contributed by atoms with Crippen LogP contribution in [-0.4, -0.2) is 37.9 Å². The van der Waals surface area contributed by atoms with Crippen LogP contribution in [0, 0.1) is 5.41 Å². The van der Waals surface area contributed by atoms with Crippen molar-refractivity contribution in [1.82, 2.24) is 19.9 Å². The first-order chi connectivity index (χ1) is 8.97. The Labute approximate surface area is 114 Å². The van der Waals surface area contributed by atoms with Gasteiger partial charge in [0.2, 0.25) is 5.91 Å². The van der Waals surface area contributed by atoms with Crippen molar-refractivity contribution < 1.29 is 4.79 Å². The maximum atomic E-state index is 12.6. The molecular weight excluding hydrogens is 240 g/mol. The number of rotatable bonds is 1. The van der Waals surface area contributed by atoms with Gasteiger partial charge in [0.25, 0.3) is 0 Å². The standard InChI is InChI=1S/C14H22N4O/c1-14(2,3)13(19)17-10-4-5-11(17)9-12(8-10)18-15-6-7-16-18/h6-7,10-12H,4-5,8-9H2,1-3H3. The van der Waals surface area contributed by atoms with Gasteiger partial charge in [-0.2, -0.15) is 15.0 Å². The fraction of sp³-hybridized carbons (Fsp3) is 0.786. The summed E-state index contributed by atoms with van der Waals surface area (Å²) >= 11 is 0. The number of piperidine rings is 1. The highest BCUT2D eigenvalue weighted by Crippen LogP contribution is 2.42. The lowest BCUT2D eigenvalue weighted by Gasteiger charge is -2.41. The zero-order valence-corrected chi connectivity index (χ0v) is 11.9. The number of fused-ring (bicyclic) bond motifs is 2. The third-order valence-electron chi connectivity index (χ3n) is 4.35. The molecule has 2 saturated heterocycles. The van der Waals surface area contributed by atoms with Gasteiger partial charge >= 0.3 is 0 Å². The SMILES string of the molecule is CC(C)(C)C(=O)N1C2CCC1CC(n1nccn1)C2. The average molecular weight is 262 g/mol. The first-order valence-corrected chi connectivity index (χ1v) is 7.15. The lowest BCUT2D eigenvalue weighted by Crippen LogP contribution is -2.51. The van der Waals surface area contributed by atoms with Crippen LogP contribution in [0.15, 0.2) is 12.4 Å². The van der Waals surface area contributed by atoms with Gasteiger partial charge in [0.15, 0.2) is 0 Å². The number of carbonyl (C=O) groups excluding carboxylic acids is 1. The van der Waals surface area contributed by atoms with Crippen LogP contribution in [0.3, 0.4) is 0 Å². The van der Waals surface area contributed by atoms with Crippen LogP contribution in [0.25, 0.3) is 0 Å². The zero-order valence-electron chi connectivity index (χ0n) is 11.9. The predicted molar refractivity (Wildman–Crippen MR) is 71.4 cm³/mol. The Bertz CT molecular complexity index is 448. The highest BCUT2D eigenvalue weighted by atomic mass is 16.2. The van der Waals surface area contributed by atoms with Crippen molar-refractivity contribution in [2.75, 3.05) is 0 Å². The highest BCUT2D eigenvalue weighted by molar-refractivity contribution is 5.82. The number of carbonyl (C=O) groups is 1. The second-order valence-corrected chi connectivity index (χ2v) is 6.82. The van der Waals surface area contributed by atoms with E-state index < -0.39 is 0 Å². The second-order valence-electron chi connectivity index (χ2n) is 6.82. The Balaban J connectivity index is 1.78. The lowest BCUT2D eigenvalue weighted by atomic mass is 9.90. The molecule has 5 heteroatoms. The number of hydrogen-bond donors (Lipinski definition) is 0. The molecule has 1 amide bonds. The van der Waals surface area contributed by atoms with Gasteiger partial charge in [-0.1, -0.05) is 20.8 Å². The third kappa shape index (κ3) is 2.15. The molecule has 0 radical (unpaired) electrons. The normalized spacial score (nSPS) is 30.7. The van der Waals surface area contributed by atoms with Gasteiger partial charge in [-0.25, -0.2) is 0 Å². The summed E-state index contributed by atoms with van der Waals surface area (Å²) in [6, 6.07) is 1.11. The van der Waals surface area contributed by atoms with E-state index in [-0.39, 0.29) is 5.41 Å². The number of nitrogens with zero attached hydrogens (tertiary/aromatic N) is 4. The number of amides is 1. The van der Waals surface area contributed by atoms with E-state index in [9.17, 15) is 4.79 Å². The van der Waals surface area contributed by atoms with Gasteiger partial charge in [-0.05, 0) is 25.7 Å². The summed E-state index contributed by atoms with van der Waals surface area (Å²) in [6.45, 7) is 6.03. The molecule has 0 aromatic carbocycles. The summed E-state index contributed by atoms with van der Waals surface area (Å²) in [6.07, 6.45) is 7.71. The largest absolute Gasteiger partial charge is 0.336 e. The quantitative estimate of drug-likeness (QED) is 0.778. The maximum absolute atomic E-state index is 12.6. The molecule has 2 aliphatic heterocycles. The van der Waals surface area contributed by atoms with Crippen molar-refractivity contribution in [3.8, 4) is 0 Å². The van der Waals surface area contributed by atoms with Crippen LogP contribution in [0.4, 0.5) is 0 Å². The van der Waals surface area contributed by atoms with Crippen LogP contribution >= 0.6 is 0 Å². The molecule has 5 nitrogen and oxygen atoms in total. The first kappa shape index (κ1) is 12.6. The van der Waals surface area contributed by atoms with Gasteiger partial charge in [0.1, 0.15) is 0 Å². The molecule has 2 bridgehead atoms. The molecule has 0 N–H and O–H groups in total. The molecule has 0 aliphatic carbocycles. The predicted octanol–water partition coefficient (Wildman–Crippen LogP) is 2.02. The Morgan fingerprint density at radius 1 is 1.05 bits per heavy atom. The summed E-state index contributed by atoms with van der Waals surface area (Å²) in [5.41, 5.74) is -0.280. The van der Waals surface area contributed by atoms with Crippen LogP contribution in [0.2, 0.25) is 0 Å². The molecule has 2 aliphatic rings. The number of aromatic nitrogens is 3. The number of hydrogen-bond acceptors (Lipinski definition) is 3. The molecule has 104 valence electrons. The monoisotopic (exact) mass is 262 g/mol. The lowest BCUT2D eigenvalue weighted by molar-refractivity contribution is -0.144. The van der Waals surface area contributed by atoms with E-state index in [1.54, 1.807) is 12.4 Å². The van der Waals surface area contributed by atoms with Gasteiger partial charge in [0.05, 0.1) is 18.4 Å². The second kappa shape index (κ2) is 4.32. The van der Waals surface area contributed by atoms with Gasteiger partial charge in [0, 0.05) is 17.5 Å². The molecule has 3 heterocycles. The topological polar surface area (TPSA) is 51.0 Å². The summed E-state index contributed by atoms with van der Waals surface area (Å²) in [4.78, 5) is 16.5. The van der Waals surface area contributed by atoms with E-state index in [2.05, 4.69) is 15.1 Å². The zero-order chi connectivity index (χ0) is 13.6. The fourth-order valence-electron chi connectivity index (χ4n) is 3.47. The van der Waals surface area contributed by atoms with E-state index in [0.29, 0.717) is 24.0 Å².